The maximum atomic E-state index is 14.3. The van der Waals surface area contributed by atoms with Gasteiger partial charge in [-0.1, -0.05) is 6.92 Å². The van der Waals surface area contributed by atoms with E-state index in [1.807, 2.05) is 58.6 Å². The van der Waals surface area contributed by atoms with E-state index in [1.54, 1.807) is 30.9 Å². The number of benzene rings is 1. The Balaban J connectivity index is 1.96. The molecule has 1 atom stereocenters. The maximum Gasteiger partial charge on any atom is 0.330 e. The molecule has 218 valence electrons. The van der Waals surface area contributed by atoms with Crippen molar-refractivity contribution in [2.75, 3.05) is 38.3 Å². The number of fused-ring (bicyclic) bond motifs is 1. The number of nitrogens with zero attached hydrogens (tertiary/aromatic N) is 3. The van der Waals surface area contributed by atoms with Crippen molar-refractivity contribution in [1.82, 2.24) is 9.96 Å². The van der Waals surface area contributed by atoms with Gasteiger partial charge in [-0.05, 0) is 91.8 Å². The first-order chi connectivity index (χ1) is 18.2. The Bertz CT molecular complexity index is 1060. The lowest BCUT2D eigenvalue weighted by Gasteiger charge is -2.42. The topological polar surface area (TPSA) is 88.6 Å². The number of hydrogen-bond acceptors (Lipinski definition) is 7. The van der Waals surface area contributed by atoms with Gasteiger partial charge in [-0.3, -0.25) is 9.59 Å². The fourth-order valence-electron chi connectivity index (χ4n) is 5.18. The summed E-state index contributed by atoms with van der Waals surface area (Å²) in [5.74, 6) is 0.0972. The van der Waals surface area contributed by atoms with Gasteiger partial charge in [0.1, 0.15) is 5.75 Å². The second-order valence-electron chi connectivity index (χ2n) is 12.4. The largest absolute Gasteiger partial charge is 0.476 e. The van der Waals surface area contributed by atoms with Gasteiger partial charge in [-0.2, -0.15) is 0 Å². The molecule has 1 saturated heterocycles. The standard InChI is InChI=1S/C30H47N3O6/c1-10-21-17-25-24(32(15-12-16-37-9)27(35)30(7,8)38-25)18-23(21)26(34)33(20(2)3)22-13-11-14-31(19-22)39-28(36)29(4,5)6/h17-18,20,22H,10-16,19H2,1-9H3/t22-/m1/s1. The van der Waals surface area contributed by atoms with E-state index in [1.165, 1.54) is 0 Å². The minimum Gasteiger partial charge on any atom is -0.476 e. The Morgan fingerprint density at radius 1 is 1.23 bits per heavy atom. The molecular formula is C30H47N3O6. The second-order valence-corrected chi connectivity index (χ2v) is 12.4. The molecule has 9 nitrogen and oxygen atoms in total. The Morgan fingerprint density at radius 3 is 2.51 bits per heavy atom. The lowest BCUT2D eigenvalue weighted by molar-refractivity contribution is -0.208. The van der Waals surface area contributed by atoms with Gasteiger partial charge in [-0.25, -0.2) is 4.79 Å². The zero-order valence-electron chi connectivity index (χ0n) is 25.3. The van der Waals surface area contributed by atoms with Gasteiger partial charge in [0, 0.05) is 44.5 Å². The number of anilines is 1. The second kappa shape index (κ2) is 12.3. The first-order valence-electron chi connectivity index (χ1n) is 14.2. The number of methoxy groups -OCH3 is 1. The predicted octanol–water partition coefficient (Wildman–Crippen LogP) is 4.61. The monoisotopic (exact) mass is 545 g/mol. The van der Waals surface area contributed by atoms with Crippen LogP contribution >= 0.6 is 0 Å². The van der Waals surface area contributed by atoms with Crippen LogP contribution in [0, 0.1) is 5.41 Å². The van der Waals surface area contributed by atoms with E-state index < -0.39 is 11.0 Å². The molecule has 0 N–H and O–H groups in total. The van der Waals surface area contributed by atoms with Gasteiger partial charge < -0.3 is 24.1 Å². The molecule has 2 aliphatic rings. The minimum absolute atomic E-state index is 0.0730. The lowest BCUT2D eigenvalue weighted by atomic mass is 9.96. The molecule has 1 aromatic rings. The summed E-state index contributed by atoms with van der Waals surface area (Å²) in [6, 6.07) is 3.55. The summed E-state index contributed by atoms with van der Waals surface area (Å²) in [6.45, 7) is 17.2. The summed E-state index contributed by atoms with van der Waals surface area (Å²) in [4.78, 5) is 49.4. The normalized spacial score (nSPS) is 19.5. The molecule has 2 aliphatic heterocycles. The Hall–Kier alpha value is -2.65. The highest BCUT2D eigenvalue weighted by Crippen LogP contribution is 2.40. The molecule has 39 heavy (non-hydrogen) atoms. The molecule has 2 heterocycles. The highest BCUT2D eigenvalue weighted by atomic mass is 16.7. The molecule has 1 fully saturated rings. The van der Waals surface area contributed by atoms with Gasteiger partial charge >= 0.3 is 5.97 Å². The third kappa shape index (κ3) is 6.92. The summed E-state index contributed by atoms with van der Waals surface area (Å²) in [6.07, 6.45) is 2.94. The molecule has 2 amide bonds. The number of ether oxygens (including phenoxy) is 2. The van der Waals surface area contributed by atoms with E-state index in [9.17, 15) is 14.4 Å². The van der Waals surface area contributed by atoms with E-state index in [-0.39, 0.29) is 29.9 Å². The van der Waals surface area contributed by atoms with Gasteiger partial charge in [0.25, 0.3) is 11.8 Å². The molecule has 0 aliphatic carbocycles. The van der Waals surface area contributed by atoms with E-state index >= 15 is 0 Å². The Morgan fingerprint density at radius 2 is 1.92 bits per heavy atom. The van der Waals surface area contributed by atoms with E-state index in [2.05, 4.69) is 0 Å². The van der Waals surface area contributed by atoms with Crippen molar-refractivity contribution in [2.24, 2.45) is 5.41 Å². The van der Waals surface area contributed by atoms with Crippen molar-refractivity contribution in [3.8, 4) is 5.75 Å². The fraction of sp³-hybridized carbons (Fsp3) is 0.700. The number of carbonyl (C=O) groups excluding carboxylic acids is 3. The van der Waals surface area contributed by atoms with Crippen LogP contribution in [0.15, 0.2) is 12.1 Å². The molecule has 3 rings (SSSR count). The van der Waals surface area contributed by atoms with E-state index in [4.69, 9.17) is 14.3 Å². The van der Waals surface area contributed by atoms with Crippen LogP contribution in [0.4, 0.5) is 5.69 Å². The van der Waals surface area contributed by atoms with Crippen LogP contribution in [0.25, 0.3) is 0 Å². The van der Waals surface area contributed by atoms with Crippen molar-refractivity contribution in [3.63, 3.8) is 0 Å². The van der Waals surface area contributed by atoms with Gasteiger partial charge in [0.15, 0.2) is 5.60 Å². The number of hydroxylamine groups is 2. The first kappa shape index (κ1) is 30.9. The summed E-state index contributed by atoms with van der Waals surface area (Å²) in [5, 5.41) is 1.70. The SMILES string of the molecule is CCc1cc2c(cc1C(=O)N(C(C)C)[C@@H]1CCCN(OC(=O)C(C)(C)C)C1)N(CCCOC)C(=O)C(C)(C)O2. The molecule has 9 heteroatoms. The number of rotatable bonds is 9. The van der Waals surface area contributed by atoms with Crippen LogP contribution in [0.1, 0.15) is 90.6 Å². The van der Waals surface area contributed by atoms with Gasteiger partial charge in [0.2, 0.25) is 0 Å². The fourth-order valence-corrected chi connectivity index (χ4v) is 5.18. The number of carbonyl (C=O) groups is 3. The number of hydrogen-bond donors (Lipinski definition) is 0. The molecule has 0 radical (unpaired) electrons. The van der Waals surface area contributed by atoms with Crippen LogP contribution in [-0.2, 0) is 25.6 Å². The van der Waals surface area contributed by atoms with E-state index in [0.717, 1.165) is 18.4 Å². The van der Waals surface area contributed by atoms with Crippen LogP contribution in [0.5, 0.6) is 5.75 Å². The van der Waals surface area contributed by atoms with Gasteiger partial charge in [-0.15, -0.1) is 5.06 Å². The number of aryl methyl sites for hydroxylation is 1. The highest BCUT2D eigenvalue weighted by molar-refractivity contribution is 6.05. The Labute approximate surface area is 233 Å². The zero-order valence-corrected chi connectivity index (χ0v) is 25.3. The quantitative estimate of drug-likeness (QED) is 0.419. The van der Waals surface area contributed by atoms with Crippen LogP contribution in [-0.4, -0.2) is 78.8 Å². The summed E-state index contributed by atoms with van der Waals surface area (Å²) >= 11 is 0. The van der Waals surface area contributed by atoms with Crippen LogP contribution in [0.2, 0.25) is 0 Å². The third-order valence-corrected chi connectivity index (χ3v) is 7.31. The molecule has 0 spiro atoms. The Kier molecular flexibility index (Phi) is 9.70. The summed E-state index contributed by atoms with van der Waals surface area (Å²) in [7, 11) is 1.64. The molecular weight excluding hydrogens is 498 g/mol. The maximum absolute atomic E-state index is 14.3. The summed E-state index contributed by atoms with van der Waals surface area (Å²) in [5.41, 5.74) is 0.448. The first-order valence-corrected chi connectivity index (χ1v) is 14.2. The summed E-state index contributed by atoms with van der Waals surface area (Å²) < 4.78 is 11.4. The molecule has 0 aromatic heterocycles. The number of amides is 2. The molecule has 0 saturated carbocycles. The predicted molar refractivity (Wildman–Crippen MR) is 151 cm³/mol. The van der Waals surface area contributed by atoms with E-state index in [0.29, 0.717) is 56.1 Å². The van der Waals surface area contributed by atoms with Crippen LogP contribution < -0.4 is 9.64 Å². The van der Waals surface area contributed by atoms with Crippen LogP contribution in [0.3, 0.4) is 0 Å². The van der Waals surface area contributed by atoms with Crippen molar-refractivity contribution in [2.45, 2.75) is 98.8 Å². The highest BCUT2D eigenvalue weighted by Gasteiger charge is 2.42. The van der Waals surface area contributed by atoms with Gasteiger partial charge in [0.05, 0.1) is 17.6 Å². The average Bonchev–Trinajstić information content (AvgIpc) is 2.85. The average molecular weight is 546 g/mol. The lowest BCUT2D eigenvalue weighted by Crippen LogP contribution is -2.54. The molecule has 1 aromatic carbocycles. The number of piperidine rings is 1. The molecule has 0 bridgehead atoms. The molecule has 0 unspecified atom stereocenters. The zero-order chi connectivity index (χ0) is 29.1. The van der Waals surface area contributed by atoms with Crippen molar-refractivity contribution < 1.29 is 28.7 Å². The third-order valence-electron chi connectivity index (χ3n) is 7.31. The smallest absolute Gasteiger partial charge is 0.330 e. The minimum atomic E-state index is -1.00. The van der Waals surface area contributed by atoms with Crippen molar-refractivity contribution >= 4 is 23.5 Å². The van der Waals surface area contributed by atoms with Crippen molar-refractivity contribution in [3.05, 3.63) is 23.3 Å². The van der Waals surface area contributed by atoms with Crippen molar-refractivity contribution in [1.29, 1.82) is 0 Å².